The number of rotatable bonds is 10. The van der Waals surface area contributed by atoms with Crippen molar-refractivity contribution >= 4 is 18.0 Å². The number of hydrogen-bond acceptors (Lipinski definition) is 4. The first-order chi connectivity index (χ1) is 16.2. The molecular weight excluding hydrogens is 432 g/mol. The highest BCUT2D eigenvalue weighted by Gasteiger charge is 2.35. The van der Waals surface area contributed by atoms with Crippen LogP contribution in [0.3, 0.4) is 0 Å². The smallest absolute Gasteiger partial charge is 0.407 e. The Balaban J connectivity index is 1.31. The van der Waals surface area contributed by atoms with Crippen LogP contribution in [0.4, 0.5) is 4.79 Å². The first-order valence-electron chi connectivity index (χ1n) is 11.8. The fraction of sp³-hybridized carbons (Fsp3) is 0.444. The Kier molecular flexibility index (Phi) is 6.91. The van der Waals surface area contributed by atoms with E-state index in [4.69, 9.17) is 9.84 Å². The molecule has 2 aromatic rings. The van der Waals surface area contributed by atoms with Crippen molar-refractivity contribution < 1.29 is 24.2 Å². The second-order valence-corrected chi connectivity index (χ2v) is 10.1. The van der Waals surface area contributed by atoms with E-state index in [9.17, 15) is 14.4 Å². The van der Waals surface area contributed by atoms with Gasteiger partial charge in [0.1, 0.15) is 6.61 Å². The van der Waals surface area contributed by atoms with Gasteiger partial charge in [0.25, 0.3) is 0 Å². The van der Waals surface area contributed by atoms with Gasteiger partial charge in [0, 0.05) is 24.9 Å². The number of nitrogens with one attached hydrogen (secondary N) is 2. The minimum atomic E-state index is -0.896. The fourth-order valence-electron chi connectivity index (χ4n) is 4.71. The number of benzene rings is 2. The number of carboxylic acid groups (broad SMARTS) is 1. The Morgan fingerprint density at radius 1 is 1.03 bits per heavy atom. The van der Waals surface area contributed by atoms with Crippen molar-refractivity contribution in [3.8, 4) is 11.1 Å². The number of alkyl carbamates (subject to hydrolysis) is 1. The van der Waals surface area contributed by atoms with Gasteiger partial charge in [-0.05, 0) is 46.4 Å². The quantitative estimate of drug-likeness (QED) is 0.486. The van der Waals surface area contributed by atoms with Gasteiger partial charge in [-0.2, -0.15) is 0 Å². The topological polar surface area (TPSA) is 105 Å². The van der Waals surface area contributed by atoms with Crippen molar-refractivity contribution in [3.05, 3.63) is 59.7 Å². The monoisotopic (exact) mass is 464 g/mol. The van der Waals surface area contributed by atoms with E-state index in [1.54, 1.807) is 13.8 Å². The van der Waals surface area contributed by atoms with Gasteiger partial charge < -0.3 is 20.5 Å². The molecule has 7 heteroatoms. The molecule has 0 heterocycles. The van der Waals surface area contributed by atoms with Crippen LogP contribution < -0.4 is 10.6 Å². The number of amides is 2. The van der Waals surface area contributed by atoms with Gasteiger partial charge in [0.2, 0.25) is 5.91 Å². The maximum atomic E-state index is 12.7. The fourth-order valence-corrected chi connectivity index (χ4v) is 4.71. The number of carboxylic acids is 1. The lowest BCUT2D eigenvalue weighted by atomic mass is 9.89. The van der Waals surface area contributed by atoms with E-state index in [-0.39, 0.29) is 49.8 Å². The Morgan fingerprint density at radius 3 is 2.18 bits per heavy atom. The predicted octanol–water partition coefficient (Wildman–Crippen LogP) is 4.31. The molecule has 0 saturated heterocycles. The minimum Gasteiger partial charge on any atom is -0.481 e. The highest BCUT2D eigenvalue weighted by atomic mass is 16.5. The normalized spacial score (nSPS) is 15.7. The number of aliphatic carboxylic acids is 1. The van der Waals surface area contributed by atoms with Crippen LogP contribution in [0.2, 0.25) is 0 Å². The van der Waals surface area contributed by atoms with Crippen LogP contribution in [0, 0.1) is 11.3 Å². The van der Waals surface area contributed by atoms with Crippen molar-refractivity contribution in [1.82, 2.24) is 10.6 Å². The molecule has 2 amide bonds. The third-order valence-corrected chi connectivity index (χ3v) is 6.64. The maximum Gasteiger partial charge on any atom is 0.407 e. The van der Waals surface area contributed by atoms with E-state index in [1.807, 2.05) is 24.3 Å². The molecule has 2 aliphatic carbocycles. The van der Waals surface area contributed by atoms with Crippen LogP contribution in [0.5, 0.6) is 0 Å². The predicted molar refractivity (Wildman–Crippen MR) is 128 cm³/mol. The average Bonchev–Trinajstić information content (AvgIpc) is 3.58. The first kappa shape index (κ1) is 23.8. The third kappa shape index (κ3) is 5.76. The van der Waals surface area contributed by atoms with Crippen LogP contribution in [0.25, 0.3) is 11.1 Å². The van der Waals surface area contributed by atoms with Crippen molar-refractivity contribution in [2.45, 2.75) is 51.5 Å². The Labute approximate surface area is 199 Å². The third-order valence-electron chi connectivity index (χ3n) is 6.64. The Bertz CT molecular complexity index is 1030. The second kappa shape index (κ2) is 9.87. The zero-order valence-corrected chi connectivity index (χ0v) is 19.7. The van der Waals surface area contributed by atoms with Gasteiger partial charge in [-0.25, -0.2) is 4.79 Å². The standard InChI is InChI=1S/C27H32N2O5/c1-27(2,14-25(31)32)16-28-24(30)13-23(17-11-12-17)29-26(33)34-15-22-20-9-5-3-7-18(20)19-8-4-6-10-21(19)22/h3-10,17,22-23H,11-16H2,1-2H3,(H,28,30)(H,29,33)(H,31,32). The molecule has 1 fully saturated rings. The minimum absolute atomic E-state index is 0.0164. The summed E-state index contributed by atoms with van der Waals surface area (Å²) in [6, 6.07) is 16.1. The Morgan fingerprint density at radius 2 is 1.62 bits per heavy atom. The molecule has 180 valence electrons. The molecule has 3 N–H and O–H groups in total. The van der Waals surface area contributed by atoms with Crippen molar-refractivity contribution in [2.24, 2.45) is 11.3 Å². The number of hydrogen-bond donors (Lipinski definition) is 3. The van der Waals surface area contributed by atoms with Crippen LogP contribution in [0.1, 0.15) is 56.6 Å². The molecule has 0 aromatic heterocycles. The highest BCUT2D eigenvalue weighted by molar-refractivity contribution is 5.80. The summed E-state index contributed by atoms with van der Waals surface area (Å²) in [7, 11) is 0. The molecule has 1 unspecified atom stereocenters. The lowest BCUT2D eigenvalue weighted by Crippen LogP contribution is -2.43. The number of ether oxygens (including phenoxy) is 1. The molecule has 0 aliphatic heterocycles. The number of carbonyl (C=O) groups is 3. The summed E-state index contributed by atoms with van der Waals surface area (Å²) in [6.07, 6.45) is 1.53. The largest absolute Gasteiger partial charge is 0.481 e. The zero-order chi connectivity index (χ0) is 24.3. The molecule has 0 radical (unpaired) electrons. The van der Waals surface area contributed by atoms with Crippen LogP contribution in [-0.2, 0) is 14.3 Å². The molecule has 1 saturated carbocycles. The van der Waals surface area contributed by atoms with Crippen molar-refractivity contribution in [1.29, 1.82) is 0 Å². The second-order valence-electron chi connectivity index (χ2n) is 10.1. The van der Waals surface area contributed by atoms with Gasteiger partial charge in [0.05, 0.1) is 6.42 Å². The van der Waals surface area contributed by atoms with Crippen LogP contribution in [0.15, 0.2) is 48.5 Å². The summed E-state index contributed by atoms with van der Waals surface area (Å²) in [5.41, 5.74) is 4.10. The molecule has 7 nitrogen and oxygen atoms in total. The van der Waals surface area contributed by atoms with Crippen LogP contribution in [-0.4, -0.2) is 42.3 Å². The van der Waals surface area contributed by atoms with E-state index in [0.717, 1.165) is 24.0 Å². The van der Waals surface area contributed by atoms with E-state index in [0.29, 0.717) is 0 Å². The summed E-state index contributed by atoms with van der Waals surface area (Å²) in [6.45, 7) is 4.09. The van der Waals surface area contributed by atoms with Crippen molar-refractivity contribution in [3.63, 3.8) is 0 Å². The molecule has 2 aromatic carbocycles. The summed E-state index contributed by atoms with van der Waals surface area (Å²) in [5.74, 6) is -0.850. The number of carbonyl (C=O) groups excluding carboxylic acids is 2. The van der Waals surface area contributed by atoms with Gasteiger partial charge in [0.15, 0.2) is 0 Å². The van der Waals surface area contributed by atoms with Crippen molar-refractivity contribution in [2.75, 3.05) is 13.2 Å². The highest BCUT2D eigenvalue weighted by Crippen LogP contribution is 2.44. The lowest BCUT2D eigenvalue weighted by molar-refractivity contribution is -0.139. The maximum absolute atomic E-state index is 12.7. The summed E-state index contributed by atoms with van der Waals surface area (Å²) in [4.78, 5) is 36.1. The van der Waals surface area contributed by atoms with Gasteiger partial charge in [-0.3, -0.25) is 9.59 Å². The molecule has 0 bridgehead atoms. The summed E-state index contributed by atoms with van der Waals surface area (Å²) in [5, 5.41) is 14.7. The average molecular weight is 465 g/mol. The van der Waals surface area contributed by atoms with E-state index >= 15 is 0 Å². The van der Waals surface area contributed by atoms with Gasteiger partial charge >= 0.3 is 12.1 Å². The van der Waals surface area contributed by atoms with E-state index in [2.05, 4.69) is 34.9 Å². The van der Waals surface area contributed by atoms with Gasteiger partial charge in [-0.15, -0.1) is 0 Å². The molecule has 1 atom stereocenters. The first-order valence-corrected chi connectivity index (χ1v) is 11.8. The molecule has 2 aliphatic rings. The zero-order valence-electron chi connectivity index (χ0n) is 19.7. The van der Waals surface area contributed by atoms with E-state index in [1.165, 1.54) is 11.1 Å². The van der Waals surface area contributed by atoms with E-state index < -0.39 is 17.5 Å². The summed E-state index contributed by atoms with van der Waals surface area (Å²) >= 11 is 0. The summed E-state index contributed by atoms with van der Waals surface area (Å²) < 4.78 is 5.64. The SMILES string of the molecule is CC(C)(CNC(=O)CC(NC(=O)OCC1c2ccccc2-c2ccccc21)C1CC1)CC(=O)O. The van der Waals surface area contributed by atoms with Gasteiger partial charge in [-0.1, -0.05) is 62.4 Å². The molecular formula is C27H32N2O5. The lowest BCUT2D eigenvalue weighted by Gasteiger charge is -2.24. The molecule has 34 heavy (non-hydrogen) atoms. The number of fused-ring (bicyclic) bond motifs is 3. The molecule has 4 rings (SSSR count). The molecule has 0 spiro atoms. The van der Waals surface area contributed by atoms with Crippen LogP contribution >= 0.6 is 0 Å². The Hall–Kier alpha value is -3.35.